The molecule has 1 aliphatic heterocycles. The molecule has 1 heterocycles. The zero-order valence-corrected chi connectivity index (χ0v) is 11.6. The Bertz CT molecular complexity index is 238. The Kier molecular flexibility index (Phi) is 5.92. The average Bonchev–Trinajstić information content (AvgIpc) is 2.37. The molecule has 1 atom stereocenters. The van der Waals surface area contributed by atoms with Crippen LogP contribution in [0.15, 0.2) is 0 Å². The summed E-state index contributed by atoms with van der Waals surface area (Å²) < 4.78 is 4.72. The zero-order valence-electron chi connectivity index (χ0n) is 11.6. The second kappa shape index (κ2) is 6.97. The molecule has 0 aromatic carbocycles. The van der Waals surface area contributed by atoms with Crippen LogP contribution >= 0.6 is 0 Å². The SMILES string of the molecule is CCN1CCC(N(C)C(C)CC(=O)OC)CC1. The molecule has 4 heteroatoms. The van der Waals surface area contributed by atoms with Gasteiger partial charge in [0.2, 0.25) is 0 Å². The van der Waals surface area contributed by atoms with Crippen molar-refractivity contribution < 1.29 is 9.53 Å². The second-order valence-corrected chi connectivity index (χ2v) is 4.96. The topological polar surface area (TPSA) is 32.8 Å². The Balaban J connectivity index is 2.37. The molecule has 0 aliphatic carbocycles. The lowest BCUT2D eigenvalue weighted by atomic mass is 10.0. The molecule has 0 spiro atoms. The van der Waals surface area contributed by atoms with E-state index in [1.807, 2.05) is 0 Å². The molecule has 0 amide bonds. The summed E-state index contributed by atoms with van der Waals surface area (Å²) in [5.41, 5.74) is 0. The Morgan fingerprint density at radius 2 is 2.06 bits per heavy atom. The third-order valence-electron chi connectivity index (χ3n) is 3.97. The van der Waals surface area contributed by atoms with E-state index in [0.717, 1.165) is 6.54 Å². The summed E-state index contributed by atoms with van der Waals surface area (Å²) in [7, 11) is 3.58. The smallest absolute Gasteiger partial charge is 0.307 e. The summed E-state index contributed by atoms with van der Waals surface area (Å²) in [5.74, 6) is -0.115. The largest absolute Gasteiger partial charge is 0.469 e. The van der Waals surface area contributed by atoms with E-state index in [2.05, 4.69) is 30.7 Å². The van der Waals surface area contributed by atoms with Crippen LogP contribution in [0.2, 0.25) is 0 Å². The highest BCUT2D eigenvalue weighted by atomic mass is 16.5. The van der Waals surface area contributed by atoms with E-state index in [1.54, 1.807) is 0 Å². The van der Waals surface area contributed by atoms with Crippen LogP contribution in [0.3, 0.4) is 0 Å². The van der Waals surface area contributed by atoms with Crippen molar-refractivity contribution in [3.8, 4) is 0 Å². The van der Waals surface area contributed by atoms with Crippen molar-refractivity contribution in [2.45, 2.75) is 45.2 Å². The Labute approximate surface area is 105 Å². The third kappa shape index (κ3) is 4.28. The van der Waals surface area contributed by atoms with Crippen molar-refractivity contribution in [2.75, 3.05) is 33.8 Å². The predicted octanol–water partition coefficient (Wildman–Crippen LogP) is 1.35. The molecule has 17 heavy (non-hydrogen) atoms. The van der Waals surface area contributed by atoms with Gasteiger partial charge in [-0.15, -0.1) is 0 Å². The maximum absolute atomic E-state index is 11.3. The first-order valence-corrected chi connectivity index (χ1v) is 6.59. The molecule has 0 aromatic rings. The van der Waals surface area contributed by atoms with Crippen molar-refractivity contribution >= 4 is 5.97 Å². The minimum absolute atomic E-state index is 0.115. The summed E-state index contributed by atoms with van der Waals surface area (Å²) in [6.07, 6.45) is 2.90. The first kappa shape index (κ1) is 14.5. The van der Waals surface area contributed by atoms with Crippen LogP contribution in [0.1, 0.15) is 33.1 Å². The lowest BCUT2D eigenvalue weighted by molar-refractivity contribution is -0.142. The van der Waals surface area contributed by atoms with Crippen LogP contribution < -0.4 is 0 Å². The fourth-order valence-corrected chi connectivity index (χ4v) is 2.47. The molecule has 0 saturated carbocycles. The quantitative estimate of drug-likeness (QED) is 0.681. The molecule has 0 aromatic heterocycles. The minimum Gasteiger partial charge on any atom is -0.469 e. The maximum atomic E-state index is 11.3. The van der Waals surface area contributed by atoms with Gasteiger partial charge in [-0.05, 0) is 46.4 Å². The third-order valence-corrected chi connectivity index (χ3v) is 3.97. The van der Waals surface area contributed by atoms with Crippen LogP contribution in [-0.4, -0.2) is 61.6 Å². The molecule has 1 saturated heterocycles. The monoisotopic (exact) mass is 242 g/mol. The fourth-order valence-electron chi connectivity index (χ4n) is 2.47. The number of esters is 1. The Morgan fingerprint density at radius 3 is 2.53 bits per heavy atom. The van der Waals surface area contributed by atoms with E-state index in [4.69, 9.17) is 4.74 Å². The number of likely N-dealkylation sites (tertiary alicyclic amines) is 1. The van der Waals surface area contributed by atoms with Gasteiger partial charge in [0.1, 0.15) is 0 Å². The number of ether oxygens (including phenoxy) is 1. The van der Waals surface area contributed by atoms with Gasteiger partial charge in [-0.25, -0.2) is 0 Å². The number of rotatable bonds is 5. The molecule has 1 rings (SSSR count). The molecule has 0 N–H and O–H groups in total. The minimum atomic E-state index is -0.115. The van der Waals surface area contributed by atoms with Crippen molar-refractivity contribution in [1.82, 2.24) is 9.80 Å². The Hall–Kier alpha value is -0.610. The number of nitrogens with zero attached hydrogens (tertiary/aromatic N) is 2. The molecule has 1 unspecified atom stereocenters. The van der Waals surface area contributed by atoms with Gasteiger partial charge in [-0.1, -0.05) is 6.92 Å². The summed E-state index contributed by atoms with van der Waals surface area (Å²) in [6.45, 7) is 7.81. The van der Waals surface area contributed by atoms with Gasteiger partial charge in [0.05, 0.1) is 13.5 Å². The van der Waals surface area contributed by atoms with Crippen LogP contribution in [0.4, 0.5) is 0 Å². The zero-order chi connectivity index (χ0) is 12.8. The number of methoxy groups -OCH3 is 1. The summed E-state index contributed by atoms with van der Waals surface area (Å²) in [4.78, 5) is 16.1. The number of carbonyl (C=O) groups is 1. The van der Waals surface area contributed by atoms with Gasteiger partial charge in [-0.3, -0.25) is 4.79 Å². The summed E-state index contributed by atoms with van der Waals surface area (Å²) in [6, 6.07) is 0.873. The normalized spacial score (nSPS) is 20.5. The van der Waals surface area contributed by atoms with Gasteiger partial charge in [0, 0.05) is 12.1 Å². The van der Waals surface area contributed by atoms with E-state index in [-0.39, 0.29) is 12.0 Å². The highest BCUT2D eigenvalue weighted by Crippen LogP contribution is 2.18. The Morgan fingerprint density at radius 1 is 1.47 bits per heavy atom. The number of hydrogen-bond acceptors (Lipinski definition) is 4. The van der Waals surface area contributed by atoms with Crippen molar-refractivity contribution in [2.24, 2.45) is 0 Å². The van der Waals surface area contributed by atoms with Crippen molar-refractivity contribution in [3.05, 3.63) is 0 Å². The average molecular weight is 242 g/mol. The number of hydrogen-bond donors (Lipinski definition) is 0. The van der Waals surface area contributed by atoms with Crippen molar-refractivity contribution in [3.63, 3.8) is 0 Å². The molecule has 0 bridgehead atoms. The molecular formula is C13H26N2O2. The van der Waals surface area contributed by atoms with Crippen LogP contribution in [-0.2, 0) is 9.53 Å². The van der Waals surface area contributed by atoms with E-state index in [9.17, 15) is 4.79 Å². The van der Waals surface area contributed by atoms with Crippen molar-refractivity contribution in [1.29, 1.82) is 0 Å². The van der Waals surface area contributed by atoms with E-state index < -0.39 is 0 Å². The predicted molar refractivity (Wildman–Crippen MR) is 69.0 cm³/mol. The van der Waals surface area contributed by atoms with Crippen LogP contribution in [0, 0.1) is 0 Å². The number of piperidine rings is 1. The van der Waals surface area contributed by atoms with E-state index in [0.29, 0.717) is 12.5 Å². The highest BCUT2D eigenvalue weighted by molar-refractivity contribution is 5.69. The summed E-state index contributed by atoms with van der Waals surface area (Å²) in [5, 5.41) is 0. The lowest BCUT2D eigenvalue weighted by Gasteiger charge is -2.38. The van der Waals surface area contributed by atoms with Gasteiger partial charge in [0.15, 0.2) is 0 Å². The first-order valence-electron chi connectivity index (χ1n) is 6.59. The van der Waals surface area contributed by atoms with E-state index >= 15 is 0 Å². The number of carbonyl (C=O) groups excluding carboxylic acids is 1. The molecule has 1 fully saturated rings. The standard InChI is InChI=1S/C13H26N2O2/c1-5-15-8-6-12(7-9-15)14(3)11(2)10-13(16)17-4/h11-12H,5-10H2,1-4H3. The van der Waals surface area contributed by atoms with Crippen LogP contribution in [0.5, 0.6) is 0 Å². The fraction of sp³-hybridized carbons (Fsp3) is 0.923. The maximum Gasteiger partial charge on any atom is 0.307 e. The van der Waals surface area contributed by atoms with Crippen LogP contribution in [0.25, 0.3) is 0 Å². The summed E-state index contributed by atoms with van der Waals surface area (Å²) >= 11 is 0. The molecule has 100 valence electrons. The first-order chi connectivity index (χ1) is 8.08. The van der Waals surface area contributed by atoms with Gasteiger partial charge in [0.25, 0.3) is 0 Å². The van der Waals surface area contributed by atoms with Gasteiger partial charge < -0.3 is 14.5 Å². The van der Waals surface area contributed by atoms with Gasteiger partial charge in [-0.2, -0.15) is 0 Å². The molecule has 0 radical (unpaired) electrons. The second-order valence-electron chi connectivity index (χ2n) is 4.96. The molecule has 4 nitrogen and oxygen atoms in total. The molecular weight excluding hydrogens is 216 g/mol. The van der Waals surface area contributed by atoms with E-state index in [1.165, 1.54) is 33.0 Å². The lowest BCUT2D eigenvalue weighted by Crippen LogP contribution is -2.46. The van der Waals surface area contributed by atoms with Gasteiger partial charge >= 0.3 is 5.97 Å². The molecule has 1 aliphatic rings. The highest BCUT2D eigenvalue weighted by Gasteiger charge is 2.25.